The summed E-state index contributed by atoms with van der Waals surface area (Å²) in [6, 6.07) is 17.1. The molecule has 0 bridgehead atoms. The molecule has 2 aromatic rings. The molecule has 4 rings (SSSR count). The molecule has 2 aliphatic rings. The van der Waals surface area contributed by atoms with Crippen LogP contribution >= 0.6 is 0 Å². The van der Waals surface area contributed by atoms with E-state index in [-0.39, 0.29) is 29.4 Å². The second-order valence-corrected chi connectivity index (χ2v) is 15.1. The van der Waals surface area contributed by atoms with E-state index < -0.39 is 46.9 Å². The molecule has 4 N–H and O–H groups in total. The molecular weight excluding hydrogens is 588 g/mol. The van der Waals surface area contributed by atoms with Crippen molar-refractivity contribution in [1.82, 2.24) is 10.4 Å². The van der Waals surface area contributed by atoms with E-state index in [2.05, 4.69) is 5.32 Å². The number of carbonyl (C=O) groups excluding carboxylic acids is 2. The summed E-state index contributed by atoms with van der Waals surface area (Å²) >= 11 is 0. The molecule has 2 aliphatic carbocycles. The van der Waals surface area contributed by atoms with Gasteiger partial charge in [0.25, 0.3) is 5.91 Å². The van der Waals surface area contributed by atoms with Crippen LogP contribution in [0.2, 0.25) is 0 Å². The highest BCUT2D eigenvalue weighted by atomic mass is 32.2. The lowest BCUT2D eigenvalue weighted by Gasteiger charge is -2.40. The number of hydrogen-bond donors (Lipinski definition) is 4. The highest BCUT2D eigenvalue weighted by Crippen LogP contribution is 2.36. The smallest absolute Gasteiger partial charge is 0.268 e. The van der Waals surface area contributed by atoms with Crippen LogP contribution in [-0.4, -0.2) is 66.6 Å². The van der Waals surface area contributed by atoms with E-state index in [1.54, 1.807) is 0 Å². The Morgan fingerprint density at radius 3 is 2.09 bits per heavy atom. The molecule has 9 heteroatoms. The van der Waals surface area contributed by atoms with E-state index in [0.29, 0.717) is 30.1 Å². The van der Waals surface area contributed by atoms with Crippen molar-refractivity contribution in [2.24, 2.45) is 23.7 Å². The molecule has 2 aromatic carbocycles. The normalized spacial score (nSPS) is 19.7. The fraction of sp³-hybridized carbons (Fsp3) is 0.611. The highest BCUT2D eigenvalue weighted by molar-refractivity contribution is 7.84. The fourth-order valence-electron chi connectivity index (χ4n) is 6.62. The molecule has 8 nitrogen and oxygen atoms in total. The minimum Gasteiger partial charge on any atom is -0.390 e. The zero-order valence-electron chi connectivity index (χ0n) is 26.8. The summed E-state index contributed by atoms with van der Waals surface area (Å²) in [4.78, 5) is 28.0. The van der Waals surface area contributed by atoms with Crippen LogP contribution in [0.3, 0.4) is 0 Å². The minimum absolute atomic E-state index is 0.125. The summed E-state index contributed by atoms with van der Waals surface area (Å²) in [5.41, 5.74) is 1.86. The van der Waals surface area contributed by atoms with Gasteiger partial charge >= 0.3 is 0 Å². The SMILES string of the molecule is CC(C)CC(O)[C@H](O)C(C1CCCCC1)N(O)C(=O)[C@H](CC1CC1)NC(=O)C(Cc1ccccc1)CS(=O)Cc1ccccc1. The van der Waals surface area contributed by atoms with Gasteiger partial charge in [0.15, 0.2) is 0 Å². The largest absolute Gasteiger partial charge is 0.390 e. The molecular formula is C36H52N2O6S. The Morgan fingerprint density at radius 1 is 0.911 bits per heavy atom. The molecule has 2 fully saturated rings. The number of hydrogen-bond acceptors (Lipinski definition) is 6. The third kappa shape index (κ3) is 11.0. The van der Waals surface area contributed by atoms with E-state index in [9.17, 15) is 29.2 Å². The van der Waals surface area contributed by atoms with Crippen LogP contribution in [0.25, 0.3) is 0 Å². The lowest BCUT2D eigenvalue weighted by atomic mass is 9.79. The van der Waals surface area contributed by atoms with Crippen LogP contribution in [-0.2, 0) is 32.6 Å². The van der Waals surface area contributed by atoms with Gasteiger partial charge in [0.05, 0.1) is 18.1 Å². The number of aliphatic hydroxyl groups excluding tert-OH is 2. The maximum Gasteiger partial charge on any atom is 0.268 e. The third-order valence-corrected chi connectivity index (χ3v) is 10.7. The lowest BCUT2D eigenvalue weighted by molar-refractivity contribution is -0.204. The first kappa shape index (κ1) is 35.3. The van der Waals surface area contributed by atoms with Crippen LogP contribution in [0, 0.1) is 23.7 Å². The summed E-state index contributed by atoms with van der Waals surface area (Å²) in [6.07, 6.45) is 4.98. The van der Waals surface area contributed by atoms with Gasteiger partial charge in [-0.1, -0.05) is 107 Å². The minimum atomic E-state index is -1.32. The molecule has 0 aromatic heterocycles. The zero-order chi connectivity index (χ0) is 32.3. The molecule has 0 aliphatic heterocycles. The van der Waals surface area contributed by atoms with Crippen LogP contribution in [0.1, 0.15) is 82.8 Å². The maximum atomic E-state index is 14.0. The van der Waals surface area contributed by atoms with E-state index >= 15 is 0 Å². The van der Waals surface area contributed by atoms with E-state index in [1.807, 2.05) is 74.5 Å². The summed E-state index contributed by atoms with van der Waals surface area (Å²) in [7, 11) is -1.32. The average Bonchev–Trinajstić information content (AvgIpc) is 3.85. The number of nitrogens with zero attached hydrogens (tertiary/aromatic N) is 1. The second-order valence-electron chi connectivity index (χ2n) is 13.6. The second kappa shape index (κ2) is 17.4. The Bertz CT molecular complexity index is 1220. The van der Waals surface area contributed by atoms with Crippen molar-refractivity contribution in [1.29, 1.82) is 0 Å². The summed E-state index contributed by atoms with van der Waals surface area (Å²) < 4.78 is 13.3. The molecule has 0 radical (unpaired) electrons. The number of benzene rings is 2. The standard InChI is InChI=1S/C36H52N2O6S/c1-25(2)20-32(39)34(40)33(29-16-10-5-11-17-29)38(43)36(42)31(22-27-18-19-27)37-35(41)30(21-26-12-6-3-7-13-26)24-45(44)23-28-14-8-4-9-15-28/h3-4,6-9,12-15,25,27,29-34,39-40,43H,5,10-11,16-24H2,1-2H3,(H,37,41)/t30?,31-,32?,33?,34-,45?/m0/s1. The summed E-state index contributed by atoms with van der Waals surface area (Å²) in [5.74, 6) is -0.994. The van der Waals surface area contributed by atoms with Crippen molar-refractivity contribution >= 4 is 22.6 Å². The van der Waals surface area contributed by atoms with Gasteiger partial charge in [0.2, 0.25) is 5.91 Å². The average molecular weight is 641 g/mol. The van der Waals surface area contributed by atoms with Crippen LogP contribution in [0.15, 0.2) is 60.7 Å². The first-order valence-corrected chi connectivity index (χ1v) is 18.2. The number of rotatable bonds is 17. The van der Waals surface area contributed by atoms with Crippen molar-refractivity contribution in [3.63, 3.8) is 0 Å². The maximum absolute atomic E-state index is 14.0. The van der Waals surface area contributed by atoms with Crippen LogP contribution < -0.4 is 5.32 Å². The van der Waals surface area contributed by atoms with Gasteiger partial charge in [0.1, 0.15) is 12.1 Å². The Labute approximate surface area is 271 Å². The Kier molecular flexibility index (Phi) is 13.6. The molecule has 2 amide bonds. The van der Waals surface area contributed by atoms with Gasteiger partial charge in [-0.05, 0) is 61.0 Å². The molecule has 2 saturated carbocycles. The number of amides is 2. The first-order chi connectivity index (χ1) is 21.6. The van der Waals surface area contributed by atoms with Crippen molar-refractivity contribution in [2.75, 3.05) is 5.75 Å². The van der Waals surface area contributed by atoms with E-state index in [0.717, 1.165) is 56.1 Å². The number of carbonyl (C=O) groups is 2. The van der Waals surface area contributed by atoms with Crippen molar-refractivity contribution in [3.05, 3.63) is 71.8 Å². The van der Waals surface area contributed by atoms with Gasteiger partial charge in [-0.15, -0.1) is 0 Å². The fourth-order valence-corrected chi connectivity index (χ4v) is 8.02. The van der Waals surface area contributed by atoms with Crippen LogP contribution in [0.4, 0.5) is 0 Å². The molecule has 6 atom stereocenters. The molecule has 45 heavy (non-hydrogen) atoms. The molecule has 4 unspecified atom stereocenters. The Balaban J connectivity index is 1.53. The first-order valence-electron chi connectivity index (χ1n) is 16.7. The summed E-state index contributed by atoms with van der Waals surface area (Å²) in [6.45, 7) is 3.90. The molecule has 248 valence electrons. The van der Waals surface area contributed by atoms with Gasteiger partial charge in [-0.2, -0.15) is 0 Å². The topological polar surface area (TPSA) is 127 Å². The lowest BCUT2D eigenvalue weighted by Crippen LogP contribution is -2.59. The van der Waals surface area contributed by atoms with E-state index in [4.69, 9.17) is 0 Å². The number of hydroxylamine groups is 2. The predicted molar refractivity (Wildman–Crippen MR) is 177 cm³/mol. The predicted octanol–water partition coefficient (Wildman–Crippen LogP) is 5.01. The highest BCUT2D eigenvalue weighted by Gasteiger charge is 2.43. The number of nitrogens with one attached hydrogen (secondary N) is 1. The van der Waals surface area contributed by atoms with Crippen molar-refractivity contribution in [2.45, 2.75) is 108 Å². The van der Waals surface area contributed by atoms with E-state index in [1.165, 1.54) is 0 Å². The number of aliphatic hydroxyl groups is 2. The Morgan fingerprint density at radius 2 is 1.51 bits per heavy atom. The van der Waals surface area contributed by atoms with Crippen molar-refractivity contribution < 1.29 is 29.2 Å². The zero-order valence-corrected chi connectivity index (χ0v) is 27.6. The van der Waals surface area contributed by atoms with Gasteiger partial charge in [-0.3, -0.25) is 19.0 Å². The molecule has 0 saturated heterocycles. The van der Waals surface area contributed by atoms with Crippen molar-refractivity contribution in [3.8, 4) is 0 Å². The van der Waals surface area contributed by atoms with Crippen LogP contribution in [0.5, 0.6) is 0 Å². The molecule has 0 spiro atoms. The quantitative estimate of drug-likeness (QED) is 0.142. The third-order valence-electron chi connectivity index (χ3n) is 9.23. The summed E-state index contributed by atoms with van der Waals surface area (Å²) in [5, 5.41) is 37.2. The molecule has 0 heterocycles. The Hall–Kier alpha value is -2.59. The van der Waals surface area contributed by atoms with Gasteiger partial charge < -0.3 is 15.5 Å². The van der Waals surface area contributed by atoms with Gasteiger partial charge in [-0.25, -0.2) is 5.06 Å². The monoisotopic (exact) mass is 640 g/mol. The van der Waals surface area contributed by atoms with Gasteiger partial charge in [0, 0.05) is 22.3 Å².